The van der Waals surface area contributed by atoms with E-state index in [-0.39, 0.29) is 36.6 Å². The first-order valence-corrected chi connectivity index (χ1v) is 7.61. The molecule has 2 N–H and O–H groups in total. The number of hydrogen-bond donors (Lipinski definition) is 2. The van der Waals surface area contributed by atoms with Crippen molar-refractivity contribution in [2.45, 2.75) is 58.3 Å². The van der Waals surface area contributed by atoms with Gasteiger partial charge in [-0.15, -0.1) is 0 Å². The minimum absolute atomic E-state index is 0.0611. The Morgan fingerprint density at radius 2 is 1.81 bits per heavy atom. The average molecular weight is 299 g/mol. The van der Waals surface area contributed by atoms with Crippen molar-refractivity contribution in [3.63, 3.8) is 0 Å². The van der Waals surface area contributed by atoms with Crippen molar-refractivity contribution < 1.29 is 24.2 Å². The fourth-order valence-electron chi connectivity index (χ4n) is 2.86. The molecule has 0 bridgehead atoms. The zero-order valence-electron chi connectivity index (χ0n) is 12.7. The van der Waals surface area contributed by atoms with Crippen LogP contribution in [0.25, 0.3) is 0 Å². The summed E-state index contributed by atoms with van der Waals surface area (Å²) in [5, 5.41) is 11.8. The van der Waals surface area contributed by atoms with Crippen LogP contribution in [0.5, 0.6) is 0 Å². The van der Waals surface area contributed by atoms with E-state index in [1.54, 1.807) is 6.92 Å². The molecule has 0 saturated heterocycles. The lowest BCUT2D eigenvalue weighted by molar-refractivity contribution is -0.144. The molecule has 1 fully saturated rings. The third-order valence-corrected chi connectivity index (χ3v) is 3.96. The summed E-state index contributed by atoms with van der Waals surface area (Å²) in [5.74, 6) is -1.43. The summed E-state index contributed by atoms with van der Waals surface area (Å²) >= 11 is 0. The molecule has 6 nitrogen and oxygen atoms in total. The maximum Gasteiger partial charge on any atom is 0.306 e. The minimum atomic E-state index is -0.822. The van der Waals surface area contributed by atoms with Crippen molar-refractivity contribution in [1.29, 1.82) is 0 Å². The molecule has 0 spiro atoms. The van der Waals surface area contributed by atoms with Gasteiger partial charge in [-0.25, -0.2) is 0 Å². The highest BCUT2D eigenvalue weighted by atomic mass is 16.5. The van der Waals surface area contributed by atoms with E-state index in [2.05, 4.69) is 5.32 Å². The number of rotatable bonds is 8. The topological polar surface area (TPSA) is 92.7 Å². The van der Waals surface area contributed by atoms with E-state index in [4.69, 9.17) is 9.84 Å². The molecule has 120 valence electrons. The monoisotopic (exact) mass is 299 g/mol. The van der Waals surface area contributed by atoms with Crippen LogP contribution in [0.1, 0.15) is 58.3 Å². The van der Waals surface area contributed by atoms with Gasteiger partial charge in [-0.2, -0.15) is 0 Å². The largest absolute Gasteiger partial charge is 0.481 e. The van der Waals surface area contributed by atoms with Crippen LogP contribution in [-0.4, -0.2) is 36.1 Å². The standard InChI is InChI=1S/C15H25NO5/c1-2-21-14(20)7-6-12(17)16-11-15(10-13(18)19)8-4-3-5-9-15/h2-11H2,1H3,(H,16,17)(H,18,19). The Hall–Kier alpha value is -1.59. The summed E-state index contributed by atoms with van der Waals surface area (Å²) in [6.07, 6.45) is 5.03. The van der Waals surface area contributed by atoms with Crippen LogP contribution in [0.15, 0.2) is 0 Å². The molecule has 1 amide bonds. The molecule has 0 aromatic rings. The van der Waals surface area contributed by atoms with Gasteiger partial charge < -0.3 is 15.2 Å². The smallest absolute Gasteiger partial charge is 0.306 e. The minimum Gasteiger partial charge on any atom is -0.481 e. The summed E-state index contributed by atoms with van der Waals surface area (Å²) in [5.41, 5.74) is -0.330. The molecule has 0 atom stereocenters. The number of carbonyl (C=O) groups is 3. The third kappa shape index (κ3) is 6.60. The SMILES string of the molecule is CCOC(=O)CCC(=O)NCC1(CC(=O)O)CCCCC1. The molecule has 0 heterocycles. The Morgan fingerprint density at radius 3 is 2.38 bits per heavy atom. The highest BCUT2D eigenvalue weighted by Gasteiger charge is 2.34. The lowest BCUT2D eigenvalue weighted by atomic mass is 9.71. The van der Waals surface area contributed by atoms with Crippen molar-refractivity contribution >= 4 is 17.8 Å². The maximum atomic E-state index is 11.8. The molecule has 6 heteroatoms. The Bertz CT molecular complexity index is 374. The van der Waals surface area contributed by atoms with Gasteiger partial charge in [0.15, 0.2) is 0 Å². The Labute approximate surface area is 125 Å². The molecule has 0 unspecified atom stereocenters. The Balaban J connectivity index is 2.40. The Morgan fingerprint density at radius 1 is 1.14 bits per heavy atom. The molecule has 1 aliphatic carbocycles. The fraction of sp³-hybridized carbons (Fsp3) is 0.800. The van der Waals surface area contributed by atoms with Crippen LogP contribution in [-0.2, 0) is 19.1 Å². The summed E-state index contributed by atoms with van der Waals surface area (Å²) in [6.45, 7) is 2.40. The van der Waals surface area contributed by atoms with E-state index in [9.17, 15) is 14.4 Å². The molecule has 21 heavy (non-hydrogen) atoms. The first kappa shape index (κ1) is 17.5. The zero-order chi connectivity index (χ0) is 15.7. The highest BCUT2D eigenvalue weighted by molar-refractivity contribution is 5.81. The van der Waals surface area contributed by atoms with Crippen LogP contribution in [0.2, 0.25) is 0 Å². The quantitative estimate of drug-likeness (QED) is 0.667. The van der Waals surface area contributed by atoms with E-state index in [1.807, 2.05) is 0 Å². The summed E-state index contributed by atoms with van der Waals surface area (Å²) in [6, 6.07) is 0. The summed E-state index contributed by atoms with van der Waals surface area (Å²) < 4.78 is 4.76. The van der Waals surface area contributed by atoms with Crippen molar-refractivity contribution in [1.82, 2.24) is 5.32 Å². The third-order valence-electron chi connectivity index (χ3n) is 3.96. The van der Waals surface area contributed by atoms with E-state index >= 15 is 0 Å². The normalized spacial score (nSPS) is 17.0. The van der Waals surface area contributed by atoms with Crippen LogP contribution in [0, 0.1) is 5.41 Å². The van der Waals surface area contributed by atoms with Gasteiger partial charge in [0.05, 0.1) is 19.4 Å². The first-order valence-electron chi connectivity index (χ1n) is 7.61. The molecule has 0 aromatic heterocycles. The molecular weight excluding hydrogens is 274 g/mol. The second-order valence-electron chi connectivity index (χ2n) is 5.71. The molecule has 1 rings (SSSR count). The number of aliphatic carboxylic acids is 1. The van der Waals surface area contributed by atoms with Gasteiger partial charge in [-0.3, -0.25) is 14.4 Å². The van der Waals surface area contributed by atoms with Gasteiger partial charge >= 0.3 is 11.9 Å². The van der Waals surface area contributed by atoms with E-state index < -0.39 is 5.97 Å². The second kappa shape index (κ2) is 8.64. The van der Waals surface area contributed by atoms with E-state index in [1.165, 1.54) is 0 Å². The summed E-state index contributed by atoms with van der Waals surface area (Å²) in [4.78, 5) is 34.0. The van der Waals surface area contributed by atoms with Crippen molar-refractivity contribution in [3.8, 4) is 0 Å². The van der Waals surface area contributed by atoms with Gasteiger partial charge in [0.25, 0.3) is 0 Å². The molecule has 0 aliphatic heterocycles. The lowest BCUT2D eigenvalue weighted by Crippen LogP contribution is -2.40. The number of hydrogen-bond acceptors (Lipinski definition) is 4. The average Bonchev–Trinajstić information content (AvgIpc) is 2.43. The van der Waals surface area contributed by atoms with Gasteiger partial charge in [-0.05, 0) is 25.2 Å². The molecule has 0 radical (unpaired) electrons. The predicted octanol–water partition coefficient (Wildman–Crippen LogP) is 1.87. The van der Waals surface area contributed by atoms with Gasteiger partial charge in [0, 0.05) is 13.0 Å². The number of esters is 1. The second-order valence-corrected chi connectivity index (χ2v) is 5.71. The van der Waals surface area contributed by atoms with E-state index in [0.717, 1.165) is 32.1 Å². The number of carboxylic acid groups (broad SMARTS) is 1. The highest BCUT2D eigenvalue weighted by Crippen LogP contribution is 2.38. The van der Waals surface area contributed by atoms with Crippen molar-refractivity contribution in [2.75, 3.05) is 13.2 Å². The van der Waals surface area contributed by atoms with Crippen LogP contribution in [0.3, 0.4) is 0 Å². The first-order chi connectivity index (χ1) is 9.97. The van der Waals surface area contributed by atoms with Crippen LogP contribution < -0.4 is 5.32 Å². The van der Waals surface area contributed by atoms with Crippen molar-refractivity contribution in [3.05, 3.63) is 0 Å². The lowest BCUT2D eigenvalue weighted by Gasteiger charge is -2.36. The van der Waals surface area contributed by atoms with Gasteiger partial charge in [0.1, 0.15) is 0 Å². The van der Waals surface area contributed by atoms with Crippen LogP contribution in [0.4, 0.5) is 0 Å². The molecular formula is C15H25NO5. The Kier molecular flexibility index (Phi) is 7.19. The number of carboxylic acids is 1. The fourth-order valence-corrected chi connectivity index (χ4v) is 2.86. The molecule has 1 saturated carbocycles. The molecule has 1 aliphatic rings. The van der Waals surface area contributed by atoms with Gasteiger partial charge in [0.2, 0.25) is 5.91 Å². The number of carbonyl (C=O) groups excluding carboxylic acids is 2. The maximum absolute atomic E-state index is 11.8. The number of ether oxygens (including phenoxy) is 1. The van der Waals surface area contributed by atoms with E-state index in [0.29, 0.717) is 13.2 Å². The zero-order valence-corrected chi connectivity index (χ0v) is 12.7. The van der Waals surface area contributed by atoms with Crippen molar-refractivity contribution in [2.24, 2.45) is 5.41 Å². The number of amides is 1. The number of nitrogens with one attached hydrogen (secondary N) is 1. The van der Waals surface area contributed by atoms with Gasteiger partial charge in [-0.1, -0.05) is 19.3 Å². The molecule has 0 aromatic carbocycles. The van der Waals surface area contributed by atoms with Crippen LogP contribution >= 0.6 is 0 Å². The summed E-state index contributed by atoms with van der Waals surface area (Å²) in [7, 11) is 0. The predicted molar refractivity (Wildman–Crippen MR) is 76.6 cm³/mol.